The molecule has 0 aromatic heterocycles. The second kappa shape index (κ2) is 6.39. The van der Waals surface area contributed by atoms with Crippen LogP contribution in [0, 0.1) is 22.7 Å². The molecule has 0 unspecified atom stereocenters. The zero-order valence-corrected chi connectivity index (χ0v) is 17.0. The Balaban J connectivity index is 2.17. The van der Waals surface area contributed by atoms with Crippen molar-refractivity contribution in [1.82, 2.24) is 0 Å². The lowest BCUT2D eigenvalue weighted by Crippen LogP contribution is -2.41. The van der Waals surface area contributed by atoms with Crippen molar-refractivity contribution in [2.45, 2.75) is 0 Å². The van der Waals surface area contributed by atoms with Crippen molar-refractivity contribution in [3.63, 3.8) is 0 Å². The lowest BCUT2D eigenvalue weighted by molar-refractivity contribution is 1.39. The molecule has 0 radical (unpaired) electrons. The standard InChI is InChI=1S/C14H10N4P2S4/c15-9-11-5-1-3-7-13(11)17-19(21,22)18(20(17,23)24)14-8-4-2-6-12(14)10-16/h1-8H,(H,21,22)(H,23,24)/p-2. The van der Waals surface area contributed by atoms with Gasteiger partial charge in [-0.15, -0.1) is 0 Å². The normalized spacial score (nSPS) is 25.5. The van der Waals surface area contributed by atoms with Gasteiger partial charge >= 0.3 is 0 Å². The Morgan fingerprint density at radius 1 is 0.750 bits per heavy atom. The Labute approximate surface area is 161 Å². The monoisotopic (exact) mass is 422 g/mol. The molecule has 0 amide bonds. The van der Waals surface area contributed by atoms with Crippen molar-refractivity contribution in [2.75, 3.05) is 8.88 Å². The van der Waals surface area contributed by atoms with Crippen LogP contribution in [0.15, 0.2) is 48.5 Å². The summed E-state index contributed by atoms with van der Waals surface area (Å²) in [6, 6.07) is 18.3. The summed E-state index contributed by atoms with van der Waals surface area (Å²) in [6.07, 6.45) is 0. The first-order valence-corrected chi connectivity index (χ1v) is 14.0. The average Bonchev–Trinajstić information content (AvgIpc) is 2.54. The summed E-state index contributed by atoms with van der Waals surface area (Å²) < 4.78 is 3.45. The van der Waals surface area contributed by atoms with Crippen molar-refractivity contribution >= 4 is 70.6 Å². The molecule has 1 aliphatic heterocycles. The highest BCUT2D eigenvalue weighted by molar-refractivity contribution is 8.73. The highest BCUT2D eigenvalue weighted by atomic mass is 32.9. The van der Waals surface area contributed by atoms with Crippen LogP contribution in [0.3, 0.4) is 0 Å². The third kappa shape index (κ3) is 2.59. The Morgan fingerprint density at radius 3 is 1.42 bits per heavy atom. The molecule has 0 atom stereocenters. The van der Waals surface area contributed by atoms with E-state index in [1.165, 1.54) is 0 Å². The van der Waals surface area contributed by atoms with E-state index in [0.717, 1.165) is 0 Å². The quantitative estimate of drug-likeness (QED) is 0.525. The van der Waals surface area contributed by atoms with Gasteiger partial charge in [0.15, 0.2) is 0 Å². The number of para-hydroxylation sites is 2. The first kappa shape index (κ1) is 17.8. The third-order valence-electron chi connectivity index (χ3n) is 3.44. The number of hydrogen-bond donors (Lipinski definition) is 0. The molecule has 0 saturated carbocycles. The van der Waals surface area contributed by atoms with Gasteiger partial charge in [0, 0.05) is 11.1 Å². The molecular formula is C14H8N4P2S4-2. The highest BCUT2D eigenvalue weighted by Crippen LogP contribution is 2.86. The second-order valence-electron chi connectivity index (χ2n) is 4.82. The molecule has 120 valence electrons. The molecule has 24 heavy (non-hydrogen) atoms. The lowest BCUT2D eigenvalue weighted by Gasteiger charge is -2.73. The van der Waals surface area contributed by atoms with Crippen LogP contribution in [0.2, 0.25) is 0 Å². The SMILES string of the molecule is N#Cc1ccccc1N1P(=S)([S-])N(c2ccccc2C#N)P1(=S)[S-]. The van der Waals surface area contributed by atoms with E-state index < -0.39 is 11.1 Å². The van der Waals surface area contributed by atoms with Gasteiger partial charge in [-0.05, 0) is 24.3 Å². The highest BCUT2D eigenvalue weighted by Gasteiger charge is 2.43. The fourth-order valence-electron chi connectivity index (χ4n) is 2.44. The smallest absolute Gasteiger partial charge is 0.101 e. The first-order valence-electron chi connectivity index (χ1n) is 6.58. The summed E-state index contributed by atoms with van der Waals surface area (Å²) >= 11 is 22.8. The number of nitriles is 2. The van der Waals surface area contributed by atoms with Crippen molar-refractivity contribution in [3.05, 3.63) is 59.7 Å². The molecule has 0 N–H and O–H groups in total. The summed E-state index contributed by atoms with van der Waals surface area (Å²) in [5.74, 6) is 0. The maximum atomic E-state index is 9.35. The van der Waals surface area contributed by atoms with E-state index in [1.807, 2.05) is 0 Å². The van der Waals surface area contributed by atoms with Crippen molar-refractivity contribution in [1.29, 1.82) is 10.5 Å². The van der Waals surface area contributed by atoms with E-state index in [9.17, 15) is 10.5 Å². The number of anilines is 2. The molecule has 1 saturated heterocycles. The largest absolute Gasteiger partial charge is 0.704 e. The number of nitrogens with zero attached hydrogens (tertiary/aromatic N) is 4. The maximum Gasteiger partial charge on any atom is 0.101 e. The van der Waals surface area contributed by atoms with Crippen LogP contribution in [0.5, 0.6) is 0 Å². The van der Waals surface area contributed by atoms with Crippen LogP contribution < -0.4 is 8.88 Å². The van der Waals surface area contributed by atoms with Crippen LogP contribution in [-0.2, 0) is 48.1 Å². The predicted molar refractivity (Wildman–Crippen MR) is 111 cm³/mol. The molecule has 10 heteroatoms. The van der Waals surface area contributed by atoms with Crippen molar-refractivity contribution in [3.8, 4) is 12.1 Å². The van der Waals surface area contributed by atoms with Crippen LogP contribution in [0.25, 0.3) is 0 Å². The minimum absolute atomic E-state index is 0.448. The van der Waals surface area contributed by atoms with Crippen LogP contribution >= 0.6 is 11.1 Å². The van der Waals surface area contributed by atoms with Gasteiger partial charge in [0.1, 0.15) is 12.1 Å². The Morgan fingerprint density at radius 2 is 1.08 bits per heavy atom. The van der Waals surface area contributed by atoms with Gasteiger partial charge in [0.05, 0.1) is 22.5 Å². The summed E-state index contributed by atoms with van der Waals surface area (Å²) in [5, 5.41) is 18.7. The molecule has 1 heterocycles. The third-order valence-corrected chi connectivity index (χ3v) is 16.1. The van der Waals surface area contributed by atoms with Gasteiger partial charge in [-0.2, -0.15) is 10.5 Å². The molecule has 2 aromatic carbocycles. The molecule has 1 aliphatic rings. The fraction of sp³-hybridized carbons (Fsp3) is 0. The van der Waals surface area contributed by atoms with E-state index in [1.54, 1.807) is 57.4 Å². The summed E-state index contributed by atoms with van der Waals surface area (Å²) in [5.41, 5.74) is -3.32. The maximum absolute atomic E-state index is 9.35. The minimum atomic E-state index is -2.71. The molecule has 1 fully saturated rings. The molecule has 0 spiro atoms. The van der Waals surface area contributed by atoms with Crippen LogP contribution in [0.1, 0.15) is 11.1 Å². The van der Waals surface area contributed by atoms with E-state index in [2.05, 4.69) is 12.1 Å². The Hall–Kier alpha value is -0.980. The second-order valence-corrected chi connectivity index (χ2v) is 16.5. The minimum Gasteiger partial charge on any atom is -0.704 e. The Bertz CT molecular complexity index is 913. The number of hydrogen-bond acceptors (Lipinski definition) is 6. The van der Waals surface area contributed by atoms with Gasteiger partial charge in [-0.3, -0.25) is 0 Å². The van der Waals surface area contributed by atoms with Crippen LogP contribution in [-0.4, -0.2) is 0 Å². The van der Waals surface area contributed by atoms with Gasteiger partial charge in [-0.1, -0.05) is 47.9 Å². The van der Waals surface area contributed by atoms with Gasteiger partial charge < -0.3 is 33.4 Å². The zero-order valence-electron chi connectivity index (χ0n) is 11.9. The van der Waals surface area contributed by atoms with Gasteiger partial charge in [0.25, 0.3) is 0 Å². The zero-order chi connectivity index (χ0) is 17.5. The Kier molecular flexibility index (Phi) is 4.75. The topological polar surface area (TPSA) is 54.1 Å². The van der Waals surface area contributed by atoms with E-state index in [4.69, 9.17) is 48.1 Å². The van der Waals surface area contributed by atoms with Gasteiger partial charge in [-0.25, -0.2) is 0 Å². The van der Waals surface area contributed by atoms with E-state index in [-0.39, 0.29) is 0 Å². The summed E-state index contributed by atoms with van der Waals surface area (Å²) in [4.78, 5) is 0. The van der Waals surface area contributed by atoms with Crippen molar-refractivity contribution in [2.24, 2.45) is 0 Å². The van der Waals surface area contributed by atoms with Gasteiger partial charge in [0.2, 0.25) is 0 Å². The molecule has 2 aromatic rings. The summed E-state index contributed by atoms with van der Waals surface area (Å²) in [7, 11) is 0. The van der Waals surface area contributed by atoms with E-state index >= 15 is 0 Å². The number of benzene rings is 2. The molecular weight excluding hydrogens is 414 g/mol. The average molecular weight is 422 g/mol. The van der Waals surface area contributed by atoms with Crippen LogP contribution in [0.4, 0.5) is 11.4 Å². The van der Waals surface area contributed by atoms with Crippen molar-refractivity contribution < 1.29 is 0 Å². The molecule has 3 rings (SSSR count). The predicted octanol–water partition coefficient (Wildman–Crippen LogP) is 4.30. The molecule has 0 aliphatic carbocycles. The molecule has 4 nitrogen and oxygen atoms in total. The first-order chi connectivity index (χ1) is 11.4. The lowest BCUT2D eigenvalue weighted by atomic mass is 10.2. The number of rotatable bonds is 2. The molecule has 0 bridgehead atoms. The van der Waals surface area contributed by atoms with E-state index in [0.29, 0.717) is 22.5 Å². The fourth-order valence-corrected chi connectivity index (χ4v) is 20.3. The summed E-state index contributed by atoms with van der Waals surface area (Å²) in [6.45, 7) is 0.